The Balaban J connectivity index is 2.47. The molecule has 3 unspecified atom stereocenters. The molecule has 0 aromatic carbocycles. The van der Waals surface area contributed by atoms with Crippen molar-refractivity contribution in [2.75, 3.05) is 6.61 Å². The summed E-state index contributed by atoms with van der Waals surface area (Å²) in [4.78, 5) is 0. The summed E-state index contributed by atoms with van der Waals surface area (Å²) >= 11 is 0. The lowest BCUT2D eigenvalue weighted by atomic mass is 9.78. The van der Waals surface area contributed by atoms with Crippen LogP contribution in [0.15, 0.2) is 0 Å². The number of hydrogen-bond donors (Lipinski definition) is 0. The molecular weight excluding hydrogens is 212 g/mol. The third-order valence-electron chi connectivity index (χ3n) is 4.36. The fourth-order valence-electron chi connectivity index (χ4n) is 2.56. The van der Waals surface area contributed by atoms with E-state index in [9.17, 15) is 0 Å². The molecule has 5 atom stereocenters. The third kappa shape index (κ3) is 3.96. The molecule has 0 radical (unpaired) electrons. The van der Waals surface area contributed by atoms with Crippen LogP contribution in [0.5, 0.6) is 0 Å². The molecule has 2 heteroatoms. The van der Waals surface area contributed by atoms with E-state index in [-0.39, 0.29) is 6.29 Å². The maximum Gasteiger partial charge on any atom is 0.160 e. The fraction of sp³-hybridized carbons (Fsp3) is 1.00. The predicted molar refractivity (Wildman–Crippen MR) is 71.9 cm³/mol. The van der Waals surface area contributed by atoms with Gasteiger partial charge in [-0.3, -0.25) is 0 Å². The van der Waals surface area contributed by atoms with Crippen molar-refractivity contribution in [1.82, 2.24) is 0 Å². The van der Waals surface area contributed by atoms with Gasteiger partial charge in [-0.15, -0.1) is 0 Å². The second kappa shape index (κ2) is 6.75. The molecule has 1 heterocycles. The quantitative estimate of drug-likeness (QED) is 0.723. The predicted octanol–water partition coefficient (Wildman–Crippen LogP) is 4.09. The largest absolute Gasteiger partial charge is 0.352 e. The molecular formula is C15H30O2. The maximum absolute atomic E-state index is 6.09. The minimum Gasteiger partial charge on any atom is -0.352 e. The van der Waals surface area contributed by atoms with Gasteiger partial charge in [0.25, 0.3) is 0 Å². The Labute approximate surface area is 107 Å². The van der Waals surface area contributed by atoms with Crippen molar-refractivity contribution >= 4 is 0 Å². The van der Waals surface area contributed by atoms with Crippen LogP contribution in [0, 0.1) is 23.7 Å². The average Bonchev–Trinajstić information content (AvgIpc) is 2.29. The van der Waals surface area contributed by atoms with E-state index in [1.807, 2.05) is 0 Å². The maximum atomic E-state index is 6.09. The van der Waals surface area contributed by atoms with Gasteiger partial charge in [0.15, 0.2) is 6.29 Å². The van der Waals surface area contributed by atoms with Gasteiger partial charge in [0, 0.05) is 12.5 Å². The third-order valence-corrected chi connectivity index (χ3v) is 4.36. The van der Waals surface area contributed by atoms with Crippen molar-refractivity contribution in [3.8, 4) is 0 Å². The van der Waals surface area contributed by atoms with Crippen LogP contribution < -0.4 is 0 Å². The van der Waals surface area contributed by atoms with E-state index in [0.717, 1.165) is 19.4 Å². The van der Waals surface area contributed by atoms with Crippen molar-refractivity contribution in [2.24, 2.45) is 23.7 Å². The zero-order chi connectivity index (χ0) is 13.0. The van der Waals surface area contributed by atoms with E-state index < -0.39 is 0 Å². The van der Waals surface area contributed by atoms with Gasteiger partial charge in [-0.1, -0.05) is 41.5 Å². The summed E-state index contributed by atoms with van der Waals surface area (Å²) in [5, 5.41) is 0. The highest BCUT2D eigenvalue weighted by molar-refractivity contribution is 4.82. The summed E-state index contributed by atoms with van der Waals surface area (Å²) in [6.07, 6.45) is 2.57. The van der Waals surface area contributed by atoms with E-state index in [2.05, 4.69) is 41.5 Å². The lowest BCUT2D eigenvalue weighted by molar-refractivity contribution is -0.248. The summed E-state index contributed by atoms with van der Waals surface area (Å²) < 4.78 is 12.0. The summed E-state index contributed by atoms with van der Waals surface area (Å²) in [6, 6.07) is 0. The van der Waals surface area contributed by atoms with E-state index in [1.165, 1.54) is 0 Å². The van der Waals surface area contributed by atoms with Crippen LogP contribution in [0.25, 0.3) is 0 Å². The molecule has 2 nitrogen and oxygen atoms in total. The van der Waals surface area contributed by atoms with Crippen molar-refractivity contribution < 1.29 is 9.47 Å². The van der Waals surface area contributed by atoms with Crippen molar-refractivity contribution in [3.05, 3.63) is 0 Å². The summed E-state index contributed by atoms with van der Waals surface area (Å²) in [7, 11) is 0. The van der Waals surface area contributed by atoms with Gasteiger partial charge in [0.1, 0.15) is 0 Å². The first-order valence-corrected chi connectivity index (χ1v) is 7.24. The van der Waals surface area contributed by atoms with Gasteiger partial charge in [0.2, 0.25) is 0 Å². The summed E-state index contributed by atoms with van der Waals surface area (Å²) in [6.45, 7) is 14.4. The molecule has 1 rings (SSSR count). The smallest absolute Gasteiger partial charge is 0.160 e. The molecule has 0 spiro atoms. The molecule has 0 amide bonds. The van der Waals surface area contributed by atoms with Crippen LogP contribution in [0.4, 0.5) is 0 Å². The molecule has 0 bridgehead atoms. The molecule has 1 fully saturated rings. The Kier molecular flexibility index (Phi) is 5.94. The zero-order valence-electron chi connectivity index (χ0n) is 12.4. The van der Waals surface area contributed by atoms with Crippen LogP contribution >= 0.6 is 0 Å². The van der Waals surface area contributed by atoms with E-state index >= 15 is 0 Å². The Morgan fingerprint density at radius 2 is 1.71 bits per heavy atom. The van der Waals surface area contributed by atoms with Crippen LogP contribution in [-0.2, 0) is 9.47 Å². The number of rotatable bonds is 5. The van der Waals surface area contributed by atoms with Gasteiger partial charge in [-0.05, 0) is 30.6 Å². The minimum atomic E-state index is 0.00454. The Morgan fingerprint density at radius 3 is 2.24 bits per heavy atom. The molecule has 102 valence electrons. The Bertz CT molecular complexity index is 213. The number of ether oxygens (including phenoxy) is 2. The van der Waals surface area contributed by atoms with Crippen LogP contribution in [0.2, 0.25) is 0 Å². The van der Waals surface area contributed by atoms with Crippen molar-refractivity contribution in [1.29, 1.82) is 0 Å². The molecule has 1 aliphatic rings. The highest BCUT2D eigenvalue weighted by Gasteiger charge is 2.38. The van der Waals surface area contributed by atoms with Crippen LogP contribution in [-0.4, -0.2) is 19.0 Å². The Hall–Kier alpha value is -0.0800. The highest BCUT2D eigenvalue weighted by atomic mass is 16.7. The summed E-state index contributed by atoms with van der Waals surface area (Å²) in [5.74, 6) is 2.52. The van der Waals surface area contributed by atoms with Gasteiger partial charge in [-0.2, -0.15) is 0 Å². The molecule has 1 saturated heterocycles. The van der Waals surface area contributed by atoms with E-state index in [4.69, 9.17) is 9.47 Å². The van der Waals surface area contributed by atoms with E-state index in [0.29, 0.717) is 29.8 Å². The zero-order valence-corrected chi connectivity index (χ0v) is 12.4. The molecule has 0 N–H and O–H groups in total. The highest BCUT2D eigenvalue weighted by Crippen LogP contribution is 2.36. The lowest BCUT2D eigenvalue weighted by Gasteiger charge is -2.43. The fourth-order valence-corrected chi connectivity index (χ4v) is 2.56. The molecule has 0 saturated carbocycles. The number of hydrogen-bond acceptors (Lipinski definition) is 2. The summed E-state index contributed by atoms with van der Waals surface area (Å²) in [5.41, 5.74) is 0. The molecule has 0 aromatic heterocycles. The van der Waals surface area contributed by atoms with Gasteiger partial charge < -0.3 is 9.47 Å². The first kappa shape index (κ1) is 15.0. The molecule has 17 heavy (non-hydrogen) atoms. The second-order valence-corrected chi connectivity index (χ2v) is 6.08. The lowest BCUT2D eigenvalue weighted by Crippen LogP contribution is -2.45. The van der Waals surface area contributed by atoms with E-state index in [1.54, 1.807) is 0 Å². The van der Waals surface area contributed by atoms with Crippen LogP contribution in [0.3, 0.4) is 0 Å². The van der Waals surface area contributed by atoms with Gasteiger partial charge >= 0.3 is 0 Å². The van der Waals surface area contributed by atoms with Gasteiger partial charge in [0.05, 0.1) is 6.10 Å². The topological polar surface area (TPSA) is 18.5 Å². The van der Waals surface area contributed by atoms with Crippen molar-refractivity contribution in [3.63, 3.8) is 0 Å². The normalized spacial score (nSPS) is 38.6. The monoisotopic (exact) mass is 242 g/mol. The Morgan fingerprint density at radius 1 is 1.06 bits per heavy atom. The van der Waals surface area contributed by atoms with Crippen molar-refractivity contribution in [2.45, 2.75) is 66.8 Å². The van der Waals surface area contributed by atoms with Crippen LogP contribution in [0.1, 0.15) is 54.4 Å². The minimum absolute atomic E-state index is 0.00454. The molecule has 0 aromatic rings. The van der Waals surface area contributed by atoms with Gasteiger partial charge in [-0.25, -0.2) is 0 Å². The average molecular weight is 242 g/mol. The molecule has 1 aliphatic heterocycles. The second-order valence-electron chi connectivity index (χ2n) is 6.08. The first-order chi connectivity index (χ1) is 7.97. The standard InChI is InChI=1S/C15H30O2/c1-7-14-12(5)11(4)13(6)15(17-14)16-9-8-10(2)3/h10-15H,7-9H2,1-6H3/t11?,12-,13-,14?,15?/m1/s1. The molecule has 0 aliphatic carbocycles. The SMILES string of the molecule is CCC1OC(OCCC(C)C)[C@H](C)C(C)[C@H]1C. The first-order valence-electron chi connectivity index (χ1n) is 7.24.